The summed E-state index contributed by atoms with van der Waals surface area (Å²) in [4.78, 5) is 31.6. The molecule has 2 saturated heterocycles. The second-order valence-corrected chi connectivity index (χ2v) is 7.92. The number of piperidine rings is 1. The van der Waals surface area contributed by atoms with Gasteiger partial charge in [-0.1, -0.05) is 0 Å². The van der Waals surface area contributed by atoms with E-state index in [9.17, 15) is 9.59 Å². The van der Waals surface area contributed by atoms with Crippen molar-refractivity contribution in [3.63, 3.8) is 0 Å². The molecule has 0 radical (unpaired) electrons. The summed E-state index contributed by atoms with van der Waals surface area (Å²) in [5, 5.41) is 5.95. The topological polar surface area (TPSA) is 91.4 Å². The van der Waals surface area contributed by atoms with Crippen molar-refractivity contribution < 1.29 is 9.53 Å². The van der Waals surface area contributed by atoms with Gasteiger partial charge in [-0.2, -0.15) is 4.98 Å². The lowest BCUT2D eigenvalue weighted by molar-refractivity contribution is 0.00587. The van der Waals surface area contributed by atoms with Crippen molar-refractivity contribution in [3.8, 4) is 0 Å². The molecule has 2 aliphatic rings. The molecule has 0 aliphatic carbocycles. The Balaban J connectivity index is 1.56. The molecule has 1 N–H and O–H groups in total. The molecule has 3 rings (SSSR count). The minimum atomic E-state index is -0.479. The predicted molar refractivity (Wildman–Crippen MR) is 89.3 cm³/mol. The molecule has 8 nitrogen and oxygen atoms in total. The van der Waals surface area contributed by atoms with Crippen LogP contribution >= 0.6 is 11.6 Å². The minimum Gasteiger partial charge on any atom is -0.444 e. The van der Waals surface area contributed by atoms with Crippen molar-refractivity contribution in [2.75, 3.05) is 31.1 Å². The van der Waals surface area contributed by atoms with Crippen LogP contribution in [0.3, 0.4) is 0 Å². The number of hydrogen-bond donors (Lipinski definition) is 1. The highest BCUT2D eigenvalue weighted by Gasteiger charge is 2.47. The van der Waals surface area contributed by atoms with E-state index in [4.69, 9.17) is 16.3 Å². The third-order valence-corrected chi connectivity index (χ3v) is 4.65. The molecule has 1 spiro atoms. The first-order valence-electron chi connectivity index (χ1n) is 8.03. The third-order valence-electron chi connectivity index (χ3n) is 4.48. The Morgan fingerprint density at radius 2 is 1.92 bits per heavy atom. The van der Waals surface area contributed by atoms with E-state index in [1.807, 2.05) is 25.7 Å². The molecular weight excluding hydrogens is 334 g/mol. The van der Waals surface area contributed by atoms with E-state index in [0.29, 0.717) is 18.9 Å². The maximum Gasteiger partial charge on any atom is 0.410 e. The van der Waals surface area contributed by atoms with Gasteiger partial charge < -0.3 is 14.5 Å². The summed E-state index contributed by atoms with van der Waals surface area (Å²) in [6.45, 7) is 8.42. The number of rotatable bonds is 1. The van der Waals surface area contributed by atoms with E-state index in [2.05, 4.69) is 15.2 Å². The summed E-state index contributed by atoms with van der Waals surface area (Å²) >= 11 is 5.75. The second kappa shape index (κ2) is 5.91. The van der Waals surface area contributed by atoms with Gasteiger partial charge in [0.2, 0.25) is 5.28 Å². The molecular formula is C15H22ClN5O3. The minimum absolute atomic E-state index is 0.0327. The molecule has 132 valence electrons. The largest absolute Gasteiger partial charge is 0.444 e. The second-order valence-electron chi connectivity index (χ2n) is 7.58. The van der Waals surface area contributed by atoms with Crippen LogP contribution in [0.5, 0.6) is 0 Å². The van der Waals surface area contributed by atoms with E-state index < -0.39 is 5.60 Å². The van der Waals surface area contributed by atoms with Crippen molar-refractivity contribution in [1.82, 2.24) is 20.1 Å². The zero-order chi connectivity index (χ0) is 17.5. The van der Waals surface area contributed by atoms with Gasteiger partial charge in [-0.3, -0.25) is 4.79 Å². The van der Waals surface area contributed by atoms with E-state index in [0.717, 1.165) is 25.9 Å². The fraction of sp³-hybridized carbons (Fsp3) is 0.733. The van der Waals surface area contributed by atoms with Crippen molar-refractivity contribution in [2.24, 2.45) is 5.41 Å². The summed E-state index contributed by atoms with van der Waals surface area (Å²) in [7, 11) is 0. The van der Waals surface area contributed by atoms with Crippen LogP contribution in [0.1, 0.15) is 33.6 Å². The average molecular weight is 356 g/mol. The molecule has 3 heterocycles. The van der Waals surface area contributed by atoms with Crippen LogP contribution in [-0.4, -0.2) is 58.0 Å². The Bertz CT molecular complexity index is 683. The Morgan fingerprint density at radius 1 is 1.29 bits per heavy atom. The first-order valence-corrected chi connectivity index (χ1v) is 8.40. The quantitative estimate of drug-likeness (QED) is 0.823. The van der Waals surface area contributed by atoms with Crippen LogP contribution in [0.15, 0.2) is 4.79 Å². The van der Waals surface area contributed by atoms with Gasteiger partial charge in [0, 0.05) is 31.6 Å². The standard InChI is InChI=1S/C15H22ClN5O3/c1-14(2,3)24-13(23)20-6-4-15(5-7-20)8-21(9-15)10-11(22)18-19-12(16)17-10/h4-9H2,1-3H3,(H,18,22). The fourth-order valence-electron chi connectivity index (χ4n) is 3.24. The van der Waals surface area contributed by atoms with E-state index in [1.54, 1.807) is 4.90 Å². The molecule has 1 aromatic rings. The number of carbonyl (C=O) groups excluding carboxylic acids is 1. The highest BCUT2D eigenvalue weighted by molar-refractivity contribution is 6.28. The van der Waals surface area contributed by atoms with E-state index in [1.165, 1.54) is 0 Å². The number of carbonyl (C=O) groups is 1. The number of ether oxygens (including phenoxy) is 1. The highest BCUT2D eigenvalue weighted by atomic mass is 35.5. The lowest BCUT2D eigenvalue weighted by atomic mass is 9.72. The van der Waals surface area contributed by atoms with Gasteiger partial charge in [0.25, 0.3) is 0 Å². The summed E-state index contributed by atoms with van der Waals surface area (Å²) in [6.07, 6.45) is 1.52. The van der Waals surface area contributed by atoms with Crippen LogP contribution < -0.4 is 10.5 Å². The number of H-pyrrole nitrogens is 1. The van der Waals surface area contributed by atoms with Gasteiger partial charge in [-0.25, -0.2) is 9.89 Å². The number of nitrogens with zero attached hydrogens (tertiary/aromatic N) is 4. The number of likely N-dealkylation sites (tertiary alicyclic amines) is 1. The number of hydrogen-bond acceptors (Lipinski definition) is 6. The lowest BCUT2D eigenvalue weighted by Crippen LogP contribution is -2.62. The summed E-state index contributed by atoms with van der Waals surface area (Å²) < 4.78 is 5.42. The van der Waals surface area contributed by atoms with Gasteiger partial charge >= 0.3 is 11.7 Å². The molecule has 0 bridgehead atoms. The zero-order valence-corrected chi connectivity index (χ0v) is 14.9. The molecule has 2 fully saturated rings. The van der Waals surface area contributed by atoms with Gasteiger partial charge in [-0.05, 0) is 45.2 Å². The monoisotopic (exact) mass is 355 g/mol. The molecule has 2 aliphatic heterocycles. The Kier molecular flexibility index (Phi) is 4.19. The Labute approximate surface area is 145 Å². The zero-order valence-electron chi connectivity index (χ0n) is 14.1. The van der Waals surface area contributed by atoms with Crippen LogP contribution in [0.2, 0.25) is 5.28 Å². The van der Waals surface area contributed by atoms with Crippen molar-refractivity contribution in [2.45, 2.75) is 39.2 Å². The molecule has 0 saturated carbocycles. The summed E-state index contributed by atoms with van der Waals surface area (Å²) in [6, 6.07) is 0. The number of amides is 1. The first kappa shape index (κ1) is 17.0. The van der Waals surface area contributed by atoms with Crippen LogP contribution in [0.4, 0.5) is 10.6 Å². The lowest BCUT2D eigenvalue weighted by Gasteiger charge is -2.54. The number of anilines is 1. The predicted octanol–water partition coefficient (Wildman–Crippen LogP) is 1.66. The molecule has 1 aromatic heterocycles. The fourth-order valence-corrected chi connectivity index (χ4v) is 3.37. The molecule has 0 atom stereocenters. The van der Waals surface area contributed by atoms with Gasteiger partial charge in [-0.15, -0.1) is 5.10 Å². The number of aromatic amines is 1. The molecule has 24 heavy (non-hydrogen) atoms. The number of aromatic nitrogens is 3. The van der Waals surface area contributed by atoms with E-state index in [-0.39, 0.29) is 22.4 Å². The summed E-state index contributed by atoms with van der Waals surface area (Å²) in [5.74, 6) is 0.315. The van der Waals surface area contributed by atoms with Crippen LogP contribution in [0, 0.1) is 5.41 Å². The van der Waals surface area contributed by atoms with Gasteiger partial charge in [0.1, 0.15) is 5.60 Å². The smallest absolute Gasteiger partial charge is 0.410 e. The SMILES string of the molecule is CC(C)(C)OC(=O)N1CCC2(CC1)CN(c1nc(Cl)n[nH]c1=O)C2. The van der Waals surface area contributed by atoms with Crippen LogP contribution in [0.25, 0.3) is 0 Å². The Morgan fingerprint density at radius 3 is 2.50 bits per heavy atom. The van der Waals surface area contributed by atoms with Gasteiger partial charge in [0.05, 0.1) is 0 Å². The summed E-state index contributed by atoms with van der Waals surface area (Å²) in [5.41, 5.74) is -0.685. The normalized spacial score (nSPS) is 20.0. The molecule has 0 aromatic carbocycles. The van der Waals surface area contributed by atoms with Crippen molar-refractivity contribution >= 4 is 23.5 Å². The average Bonchev–Trinajstić information content (AvgIpc) is 2.46. The van der Waals surface area contributed by atoms with Gasteiger partial charge in [0.15, 0.2) is 5.82 Å². The highest BCUT2D eigenvalue weighted by Crippen LogP contribution is 2.41. The van der Waals surface area contributed by atoms with Crippen molar-refractivity contribution in [3.05, 3.63) is 15.6 Å². The number of halogens is 1. The van der Waals surface area contributed by atoms with Crippen LogP contribution in [-0.2, 0) is 4.74 Å². The maximum atomic E-state index is 12.1. The van der Waals surface area contributed by atoms with E-state index >= 15 is 0 Å². The number of nitrogens with one attached hydrogen (secondary N) is 1. The Hall–Kier alpha value is -1.83. The first-order chi connectivity index (χ1) is 11.2. The van der Waals surface area contributed by atoms with Crippen molar-refractivity contribution in [1.29, 1.82) is 0 Å². The molecule has 1 amide bonds. The molecule has 0 unspecified atom stereocenters. The maximum absolute atomic E-state index is 12.1. The third kappa shape index (κ3) is 3.48. The molecule has 9 heteroatoms.